The van der Waals surface area contributed by atoms with Crippen LogP contribution in [0.1, 0.15) is 35.0 Å². The summed E-state index contributed by atoms with van der Waals surface area (Å²) in [5, 5.41) is 12.1. The van der Waals surface area contributed by atoms with Crippen LogP contribution < -0.4 is 14.8 Å². The standard InChI is InChI=1S/C20H24N2O5/c1-4-14(20(24)25)9-13-5-8-18(27-3)15(10-13)11-22-19(23)17-7-6-16(26-2)12-21-17/h5-8,10,12,14H,4,9,11H2,1-3H3,(H,22,23)(H,24,25). The summed E-state index contributed by atoms with van der Waals surface area (Å²) in [6.07, 6.45) is 2.46. The van der Waals surface area contributed by atoms with E-state index in [0.29, 0.717) is 24.3 Å². The van der Waals surface area contributed by atoms with E-state index in [9.17, 15) is 14.7 Å². The number of hydrogen-bond acceptors (Lipinski definition) is 5. The third-order valence-corrected chi connectivity index (χ3v) is 4.31. The van der Waals surface area contributed by atoms with Crippen molar-refractivity contribution in [2.75, 3.05) is 14.2 Å². The van der Waals surface area contributed by atoms with E-state index in [1.54, 1.807) is 25.3 Å². The van der Waals surface area contributed by atoms with Gasteiger partial charge < -0.3 is 19.9 Å². The van der Waals surface area contributed by atoms with Crippen LogP contribution >= 0.6 is 0 Å². The first-order valence-electron chi connectivity index (χ1n) is 8.65. The normalized spacial score (nSPS) is 11.5. The number of carbonyl (C=O) groups is 2. The Morgan fingerprint density at radius 1 is 1.19 bits per heavy atom. The molecular formula is C20H24N2O5. The molecule has 7 nitrogen and oxygen atoms in total. The lowest BCUT2D eigenvalue weighted by molar-refractivity contribution is -0.141. The van der Waals surface area contributed by atoms with Gasteiger partial charge in [0.2, 0.25) is 0 Å². The maximum absolute atomic E-state index is 12.3. The van der Waals surface area contributed by atoms with Crippen molar-refractivity contribution < 1.29 is 24.2 Å². The average Bonchev–Trinajstić information content (AvgIpc) is 2.70. The molecule has 2 aromatic rings. The van der Waals surface area contributed by atoms with Crippen LogP contribution in [-0.2, 0) is 17.8 Å². The molecule has 144 valence electrons. The molecular weight excluding hydrogens is 348 g/mol. The number of carbonyl (C=O) groups excluding carboxylic acids is 1. The molecule has 1 heterocycles. The van der Waals surface area contributed by atoms with Gasteiger partial charge in [-0.25, -0.2) is 4.98 Å². The van der Waals surface area contributed by atoms with Crippen LogP contribution in [0, 0.1) is 5.92 Å². The molecule has 7 heteroatoms. The molecule has 0 radical (unpaired) electrons. The van der Waals surface area contributed by atoms with E-state index in [2.05, 4.69) is 10.3 Å². The summed E-state index contributed by atoms with van der Waals surface area (Å²) in [6, 6.07) is 8.75. The van der Waals surface area contributed by atoms with E-state index in [1.807, 2.05) is 19.1 Å². The van der Waals surface area contributed by atoms with E-state index >= 15 is 0 Å². The molecule has 0 saturated carbocycles. The Morgan fingerprint density at radius 2 is 1.96 bits per heavy atom. The van der Waals surface area contributed by atoms with E-state index < -0.39 is 11.9 Å². The SMILES string of the molecule is CCC(Cc1ccc(OC)c(CNC(=O)c2ccc(OC)cn2)c1)C(=O)O. The van der Waals surface area contributed by atoms with Crippen molar-refractivity contribution in [3.05, 3.63) is 53.3 Å². The molecule has 0 bridgehead atoms. The first-order valence-corrected chi connectivity index (χ1v) is 8.65. The number of hydrogen-bond donors (Lipinski definition) is 2. The number of carboxylic acid groups (broad SMARTS) is 1. The van der Waals surface area contributed by atoms with Crippen LogP contribution in [0.3, 0.4) is 0 Å². The van der Waals surface area contributed by atoms with Crippen LogP contribution in [0.25, 0.3) is 0 Å². The quantitative estimate of drug-likeness (QED) is 0.702. The fourth-order valence-corrected chi connectivity index (χ4v) is 2.69. The number of ether oxygens (including phenoxy) is 2. The largest absolute Gasteiger partial charge is 0.496 e. The Labute approximate surface area is 158 Å². The summed E-state index contributed by atoms with van der Waals surface area (Å²) in [7, 11) is 3.08. The summed E-state index contributed by atoms with van der Waals surface area (Å²) < 4.78 is 10.4. The number of nitrogens with one attached hydrogen (secondary N) is 1. The number of pyridine rings is 1. The van der Waals surface area contributed by atoms with Crippen molar-refractivity contribution in [1.82, 2.24) is 10.3 Å². The highest BCUT2D eigenvalue weighted by atomic mass is 16.5. The van der Waals surface area contributed by atoms with Gasteiger partial charge in [0.05, 0.1) is 26.3 Å². The zero-order valence-corrected chi connectivity index (χ0v) is 15.7. The molecule has 1 aromatic heterocycles. The van der Waals surface area contributed by atoms with Crippen LogP contribution in [0.15, 0.2) is 36.5 Å². The minimum Gasteiger partial charge on any atom is -0.496 e. The van der Waals surface area contributed by atoms with Gasteiger partial charge in [0.25, 0.3) is 5.91 Å². The predicted molar refractivity (Wildman–Crippen MR) is 100 cm³/mol. The monoisotopic (exact) mass is 372 g/mol. The Kier molecular flexibility index (Phi) is 7.16. The molecule has 0 spiro atoms. The zero-order valence-electron chi connectivity index (χ0n) is 15.7. The third kappa shape index (κ3) is 5.44. The van der Waals surface area contributed by atoms with Gasteiger partial charge in [-0.1, -0.05) is 19.1 Å². The molecule has 1 aromatic carbocycles. The molecule has 0 aliphatic carbocycles. The fourth-order valence-electron chi connectivity index (χ4n) is 2.69. The van der Waals surface area contributed by atoms with Crippen LogP contribution in [-0.4, -0.2) is 36.2 Å². The van der Waals surface area contributed by atoms with Gasteiger partial charge in [0.15, 0.2) is 0 Å². The molecule has 1 amide bonds. The van der Waals surface area contributed by atoms with Crippen molar-refractivity contribution in [1.29, 1.82) is 0 Å². The number of benzene rings is 1. The number of carboxylic acids is 1. The van der Waals surface area contributed by atoms with Gasteiger partial charge in [0, 0.05) is 12.1 Å². The molecule has 0 aliphatic rings. The molecule has 0 saturated heterocycles. The van der Waals surface area contributed by atoms with Crippen molar-refractivity contribution in [2.24, 2.45) is 5.92 Å². The molecule has 1 atom stereocenters. The molecule has 27 heavy (non-hydrogen) atoms. The second kappa shape index (κ2) is 9.56. The molecule has 0 fully saturated rings. The molecule has 1 unspecified atom stereocenters. The van der Waals surface area contributed by atoms with Gasteiger partial charge in [-0.2, -0.15) is 0 Å². The number of rotatable bonds is 9. The number of aromatic nitrogens is 1. The summed E-state index contributed by atoms with van der Waals surface area (Å²) in [5.74, 6) is -0.366. The topological polar surface area (TPSA) is 97.8 Å². The van der Waals surface area contributed by atoms with Gasteiger partial charge in [-0.15, -0.1) is 0 Å². The smallest absolute Gasteiger partial charge is 0.306 e. The van der Waals surface area contributed by atoms with E-state index in [0.717, 1.165) is 11.1 Å². The minimum absolute atomic E-state index is 0.243. The van der Waals surface area contributed by atoms with Gasteiger partial charge in [-0.3, -0.25) is 9.59 Å². The zero-order chi connectivity index (χ0) is 19.8. The van der Waals surface area contributed by atoms with Crippen molar-refractivity contribution in [2.45, 2.75) is 26.3 Å². The lowest BCUT2D eigenvalue weighted by Gasteiger charge is -2.14. The maximum Gasteiger partial charge on any atom is 0.306 e. The van der Waals surface area contributed by atoms with Crippen molar-refractivity contribution in [3.63, 3.8) is 0 Å². The van der Waals surface area contributed by atoms with Crippen LogP contribution in [0.2, 0.25) is 0 Å². The Balaban J connectivity index is 2.10. The van der Waals surface area contributed by atoms with Crippen molar-refractivity contribution in [3.8, 4) is 11.5 Å². The van der Waals surface area contributed by atoms with Crippen LogP contribution in [0.5, 0.6) is 11.5 Å². The second-order valence-electron chi connectivity index (χ2n) is 6.06. The highest BCUT2D eigenvalue weighted by molar-refractivity contribution is 5.92. The molecule has 2 N–H and O–H groups in total. The van der Waals surface area contributed by atoms with Crippen molar-refractivity contribution >= 4 is 11.9 Å². The minimum atomic E-state index is -0.811. The summed E-state index contributed by atoms with van der Waals surface area (Å²) >= 11 is 0. The highest BCUT2D eigenvalue weighted by Gasteiger charge is 2.17. The first kappa shape index (κ1) is 20.2. The summed E-state index contributed by atoms with van der Waals surface area (Å²) in [4.78, 5) is 27.6. The Bertz CT molecular complexity index is 789. The van der Waals surface area contributed by atoms with Crippen LogP contribution in [0.4, 0.5) is 0 Å². The molecule has 2 rings (SSSR count). The molecule has 0 aliphatic heterocycles. The number of aliphatic carboxylic acids is 1. The first-order chi connectivity index (χ1) is 13.0. The number of methoxy groups -OCH3 is 2. The van der Waals surface area contributed by atoms with Gasteiger partial charge in [0.1, 0.15) is 17.2 Å². The maximum atomic E-state index is 12.3. The second-order valence-corrected chi connectivity index (χ2v) is 6.06. The van der Waals surface area contributed by atoms with Gasteiger partial charge >= 0.3 is 5.97 Å². The lowest BCUT2D eigenvalue weighted by atomic mass is 9.95. The van der Waals surface area contributed by atoms with Gasteiger partial charge in [-0.05, 0) is 36.6 Å². The summed E-state index contributed by atoms with van der Waals surface area (Å²) in [5.41, 5.74) is 1.94. The number of nitrogens with zero attached hydrogens (tertiary/aromatic N) is 1. The Morgan fingerprint density at radius 3 is 2.52 bits per heavy atom. The fraction of sp³-hybridized carbons (Fsp3) is 0.350. The average molecular weight is 372 g/mol. The van der Waals surface area contributed by atoms with E-state index in [1.165, 1.54) is 13.3 Å². The Hall–Kier alpha value is -3.09. The highest BCUT2D eigenvalue weighted by Crippen LogP contribution is 2.22. The lowest BCUT2D eigenvalue weighted by Crippen LogP contribution is -2.24. The van der Waals surface area contributed by atoms with E-state index in [4.69, 9.17) is 9.47 Å². The predicted octanol–water partition coefficient (Wildman–Crippen LogP) is 2.68. The van der Waals surface area contributed by atoms with E-state index in [-0.39, 0.29) is 18.1 Å². The number of amides is 1. The third-order valence-electron chi connectivity index (χ3n) is 4.31. The summed E-state index contributed by atoms with van der Waals surface area (Å²) in [6.45, 7) is 2.10.